The molecule has 2 aromatic rings. The number of hydrogen-bond acceptors (Lipinski definition) is 6. The number of amides is 1. The molecule has 0 bridgehead atoms. The van der Waals surface area contributed by atoms with E-state index in [0.717, 1.165) is 6.07 Å². The molecule has 0 saturated heterocycles. The maximum Gasteiger partial charge on any atom is 0.349 e. The van der Waals surface area contributed by atoms with Crippen molar-refractivity contribution in [3.8, 4) is 5.75 Å². The molecule has 0 spiro atoms. The quantitative estimate of drug-likeness (QED) is 0.510. The van der Waals surface area contributed by atoms with Crippen LogP contribution >= 0.6 is 0 Å². The van der Waals surface area contributed by atoms with Gasteiger partial charge in [-0.1, -0.05) is 0 Å². The van der Waals surface area contributed by atoms with Crippen molar-refractivity contribution in [2.24, 2.45) is 0 Å². The van der Waals surface area contributed by atoms with Crippen molar-refractivity contribution in [1.29, 1.82) is 0 Å². The van der Waals surface area contributed by atoms with Gasteiger partial charge in [0.05, 0.1) is 18.1 Å². The zero-order valence-electron chi connectivity index (χ0n) is 10.6. The molecule has 104 valence electrons. The Kier molecular flexibility index (Phi) is 3.38. The lowest BCUT2D eigenvalue weighted by atomic mass is 10.1. The molecule has 1 heterocycles. The van der Waals surface area contributed by atoms with Crippen molar-refractivity contribution in [1.82, 2.24) is 5.32 Å². The Labute approximate surface area is 112 Å². The predicted octanol–water partition coefficient (Wildman–Crippen LogP) is 1.07. The van der Waals surface area contributed by atoms with Crippen LogP contribution in [-0.2, 0) is 0 Å². The van der Waals surface area contributed by atoms with Gasteiger partial charge in [0, 0.05) is 18.5 Å². The predicted molar refractivity (Wildman–Crippen MR) is 69.1 cm³/mol. The Morgan fingerprint density at radius 2 is 2.10 bits per heavy atom. The van der Waals surface area contributed by atoms with Crippen molar-refractivity contribution in [2.45, 2.75) is 0 Å². The monoisotopic (exact) mass is 278 g/mol. The second-order valence-electron chi connectivity index (χ2n) is 3.85. The number of carbonyl (C=O) groups excluding carboxylic acids is 1. The third kappa shape index (κ3) is 2.18. The van der Waals surface area contributed by atoms with Crippen LogP contribution in [0.15, 0.2) is 27.4 Å². The van der Waals surface area contributed by atoms with Crippen molar-refractivity contribution in [2.75, 3.05) is 14.2 Å². The molecule has 8 heteroatoms. The molecule has 1 aromatic carbocycles. The number of nitro groups is 1. The van der Waals surface area contributed by atoms with Crippen LogP contribution in [0.4, 0.5) is 5.69 Å². The molecule has 0 aliphatic rings. The average molecular weight is 278 g/mol. The highest BCUT2D eigenvalue weighted by atomic mass is 16.6. The lowest BCUT2D eigenvalue weighted by Crippen LogP contribution is -2.24. The molecule has 0 atom stereocenters. The number of fused-ring (bicyclic) bond motifs is 1. The standard InChI is InChI=1S/C12H10N2O6/c1-13-11(15)8-4-6-3-7(14(17)18)5-9(19-2)10(6)20-12(8)16/h3-5H,1-2H3,(H,13,15). The summed E-state index contributed by atoms with van der Waals surface area (Å²) in [5.74, 6) is -0.583. The summed E-state index contributed by atoms with van der Waals surface area (Å²) in [6.07, 6.45) is 0. The van der Waals surface area contributed by atoms with E-state index in [0.29, 0.717) is 0 Å². The second-order valence-corrected chi connectivity index (χ2v) is 3.85. The molecule has 0 unspecified atom stereocenters. The molecule has 1 aromatic heterocycles. The van der Waals surface area contributed by atoms with E-state index < -0.39 is 16.5 Å². The highest BCUT2D eigenvalue weighted by Gasteiger charge is 2.18. The van der Waals surface area contributed by atoms with Crippen LogP contribution in [0.25, 0.3) is 11.0 Å². The third-order valence-corrected chi connectivity index (χ3v) is 2.69. The summed E-state index contributed by atoms with van der Waals surface area (Å²) in [4.78, 5) is 33.4. The molecule has 1 amide bonds. The summed E-state index contributed by atoms with van der Waals surface area (Å²) >= 11 is 0. The van der Waals surface area contributed by atoms with Crippen LogP contribution in [0, 0.1) is 10.1 Å². The fraction of sp³-hybridized carbons (Fsp3) is 0.167. The van der Waals surface area contributed by atoms with E-state index >= 15 is 0 Å². The number of nitrogens with zero attached hydrogens (tertiary/aromatic N) is 1. The normalized spacial score (nSPS) is 10.3. The lowest BCUT2D eigenvalue weighted by molar-refractivity contribution is -0.384. The summed E-state index contributed by atoms with van der Waals surface area (Å²) in [6, 6.07) is 3.58. The number of methoxy groups -OCH3 is 1. The number of nitrogens with one attached hydrogen (secondary N) is 1. The maximum absolute atomic E-state index is 11.7. The highest BCUT2D eigenvalue weighted by molar-refractivity contribution is 5.97. The molecule has 0 aliphatic heterocycles. The number of benzene rings is 1. The second kappa shape index (κ2) is 5.00. The SMILES string of the molecule is CNC(=O)c1cc2cc([N+](=O)[O-])cc(OC)c2oc1=O. The number of hydrogen-bond donors (Lipinski definition) is 1. The molecule has 0 saturated carbocycles. The number of nitro benzene ring substituents is 1. The van der Waals surface area contributed by atoms with Gasteiger partial charge in [0.1, 0.15) is 5.56 Å². The summed E-state index contributed by atoms with van der Waals surface area (Å²) in [7, 11) is 2.66. The van der Waals surface area contributed by atoms with E-state index in [2.05, 4.69) is 5.32 Å². The number of ether oxygens (including phenoxy) is 1. The molecular formula is C12H10N2O6. The minimum absolute atomic E-state index is 0.0507. The minimum Gasteiger partial charge on any atom is -0.493 e. The third-order valence-electron chi connectivity index (χ3n) is 2.69. The van der Waals surface area contributed by atoms with Gasteiger partial charge in [-0.15, -0.1) is 0 Å². The summed E-state index contributed by atoms with van der Waals surface area (Å²) < 4.78 is 9.97. The topological polar surface area (TPSA) is 112 Å². The van der Waals surface area contributed by atoms with E-state index in [-0.39, 0.29) is 28.0 Å². The van der Waals surface area contributed by atoms with Gasteiger partial charge in [-0.25, -0.2) is 4.79 Å². The zero-order valence-corrected chi connectivity index (χ0v) is 10.6. The first-order chi connectivity index (χ1) is 9.47. The molecule has 1 N–H and O–H groups in total. The van der Waals surface area contributed by atoms with Gasteiger partial charge in [0.25, 0.3) is 11.6 Å². The largest absolute Gasteiger partial charge is 0.493 e. The van der Waals surface area contributed by atoms with Crippen molar-refractivity contribution in [3.05, 3.63) is 44.3 Å². The molecular weight excluding hydrogens is 268 g/mol. The molecule has 0 fully saturated rings. The van der Waals surface area contributed by atoms with Gasteiger partial charge in [-0.2, -0.15) is 0 Å². The van der Waals surface area contributed by atoms with Gasteiger partial charge in [0.2, 0.25) is 0 Å². The average Bonchev–Trinajstić information content (AvgIpc) is 2.44. The van der Waals surface area contributed by atoms with Gasteiger partial charge in [0.15, 0.2) is 11.3 Å². The van der Waals surface area contributed by atoms with Crippen LogP contribution in [-0.4, -0.2) is 25.0 Å². The smallest absolute Gasteiger partial charge is 0.349 e. The van der Waals surface area contributed by atoms with Gasteiger partial charge >= 0.3 is 5.63 Å². The Morgan fingerprint density at radius 1 is 1.40 bits per heavy atom. The van der Waals surface area contributed by atoms with Crippen molar-refractivity contribution in [3.63, 3.8) is 0 Å². The lowest BCUT2D eigenvalue weighted by Gasteiger charge is -2.05. The Morgan fingerprint density at radius 3 is 2.65 bits per heavy atom. The molecule has 0 radical (unpaired) electrons. The van der Waals surface area contributed by atoms with Crippen molar-refractivity contribution >= 4 is 22.6 Å². The van der Waals surface area contributed by atoms with Crippen LogP contribution in [0.1, 0.15) is 10.4 Å². The fourth-order valence-electron chi connectivity index (χ4n) is 1.74. The molecule has 8 nitrogen and oxygen atoms in total. The summed E-state index contributed by atoms with van der Waals surface area (Å²) in [5, 5.41) is 13.4. The highest BCUT2D eigenvalue weighted by Crippen LogP contribution is 2.30. The summed E-state index contributed by atoms with van der Waals surface area (Å²) in [6.45, 7) is 0. The van der Waals surface area contributed by atoms with E-state index in [1.807, 2.05) is 0 Å². The van der Waals surface area contributed by atoms with Crippen LogP contribution < -0.4 is 15.7 Å². The first kappa shape index (κ1) is 13.5. The van der Waals surface area contributed by atoms with E-state index in [1.165, 1.54) is 26.3 Å². The Hall–Kier alpha value is -2.90. The van der Waals surface area contributed by atoms with E-state index in [1.54, 1.807) is 0 Å². The first-order valence-corrected chi connectivity index (χ1v) is 5.50. The minimum atomic E-state index is -0.844. The van der Waals surface area contributed by atoms with Gasteiger partial charge in [-0.05, 0) is 6.07 Å². The fourth-order valence-corrected chi connectivity index (χ4v) is 1.74. The first-order valence-electron chi connectivity index (χ1n) is 5.50. The van der Waals surface area contributed by atoms with Gasteiger partial charge < -0.3 is 14.5 Å². The zero-order chi connectivity index (χ0) is 14.9. The van der Waals surface area contributed by atoms with Crippen LogP contribution in [0.2, 0.25) is 0 Å². The molecule has 0 aliphatic carbocycles. The molecule has 20 heavy (non-hydrogen) atoms. The summed E-state index contributed by atoms with van der Waals surface area (Å²) in [5.41, 5.74) is -1.26. The Balaban J connectivity index is 2.82. The maximum atomic E-state index is 11.7. The molecule has 2 rings (SSSR count). The van der Waals surface area contributed by atoms with Crippen LogP contribution in [0.3, 0.4) is 0 Å². The Bertz CT molecular complexity index is 764. The van der Waals surface area contributed by atoms with E-state index in [9.17, 15) is 19.7 Å². The van der Waals surface area contributed by atoms with Crippen LogP contribution in [0.5, 0.6) is 5.75 Å². The van der Waals surface area contributed by atoms with Crippen molar-refractivity contribution < 1.29 is 18.9 Å². The van der Waals surface area contributed by atoms with Gasteiger partial charge in [-0.3, -0.25) is 14.9 Å². The number of rotatable bonds is 3. The number of non-ortho nitro benzene ring substituents is 1. The number of carbonyl (C=O) groups is 1. The van der Waals surface area contributed by atoms with E-state index in [4.69, 9.17) is 9.15 Å².